The van der Waals surface area contributed by atoms with Gasteiger partial charge in [-0.3, -0.25) is 0 Å². The van der Waals surface area contributed by atoms with Crippen LogP contribution in [0.25, 0.3) is 11.1 Å². The Morgan fingerprint density at radius 3 is 1.83 bits per heavy atom. The van der Waals surface area contributed by atoms with Gasteiger partial charge in [0.2, 0.25) is 0 Å². The second-order valence-corrected chi connectivity index (χ2v) is 9.51. The van der Waals surface area contributed by atoms with Crippen molar-refractivity contribution in [3.8, 4) is 11.1 Å². The first kappa shape index (κ1) is 16.4. The molecule has 0 saturated heterocycles. The molecular formula is C23H27Br. The van der Waals surface area contributed by atoms with Crippen LogP contribution in [0.5, 0.6) is 0 Å². The van der Waals surface area contributed by atoms with Crippen molar-refractivity contribution in [2.45, 2.75) is 51.4 Å². The summed E-state index contributed by atoms with van der Waals surface area (Å²) in [5, 5.41) is 0. The molecule has 0 aliphatic heterocycles. The maximum Gasteiger partial charge on any atom is 0.0175 e. The molecule has 2 aromatic rings. The van der Waals surface area contributed by atoms with Crippen LogP contribution in [0.3, 0.4) is 0 Å². The maximum atomic E-state index is 3.52. The fourth-order valence-electron chi connectivity index (χ4n) is 5.53. The van der Waals surface area contributed by atoms with Crippen molar-refractivity contribution in [1.82, 2.24) is 0 Å². The van der Waals surface area contributed by atoms with Crippen molar-refractivity contribution < 1.29 is 0 Å². The maximum absolute atomic E-state index is 3.52. The van der Waals surface area contributed by atoms with E-state index in [1.807, 2.05) is 0 Å². The molecule has 0 amide bonds. The molecule has 2 fully saturated rings. The van der Waals surface area contributed by atoms with Crippen LogP contribution in [-0.4, -0.2) is 0 Å². The van der Waals surface area contributed by atoms with Gasteiger partial charge in [0, 0.05) is 4.47 Å². The molecule has 0 spiro atoms. The Hall–Kier alpha value is -1.08. The van der Waals surface area contributed by atoms with Gasteiger partial charge < -0.3 is 0 Å². The van der Waals surface area contributed by atoms with Crippen molar-refractivity contribution in [2.75, 3.05) is 0 Å². The van der Waals surface area contributed by atoms with Gasteiger partial charge in [0.25, 0.3) is 0 Å². The first-order valence-corrected chi connectivity index (χ1v) is 10.2. The molecule has 2 saturated carbocycles. The van der Waals surface area contributed by atoms with Gasteiger partial charge in [-0.05, 0) is 84.1 Å². The molecule has 4 rings (SSSR count). The highest BCUT2D eigenvalue weighted by Crippen LogP contribution is 2.51. The fraction of sp³-hybridized carbons (Fsp3) is 0.478. The lowest BCUT2D eigenvalue weighted by atomic mass is 9.57. The summed E-state index contributed by atoms with van der Waals surface area (Å²) in [6.07, 6.45) is 7.14. The normalized spacial score (nSPS) is 32.5. The van der Waals surface area contributed by atoms with Crippen molar-refractivity contribution in [3.05, 3.63) is 58.6 Å². The van der Waals surface area contributed by atoms with Crippen molar-refractivity contribution >= 4 is 15.9 Å². The minimum atomic E-state index is 0.381. The molecule has 0 radical (unpaired) electrons. The first-order valence-electron chi connectivity index (χ1n) is 9.38. The molecule has 0 aromatic heterocycles. The van der Waals surface area contributed by atoms with Gasteiger partial charge >= 0.3 is 0 Å². The topological polar surface area (TPSA) is 0 Å². The fourth-order valence-corrected chi connectivity index (χ4v) is 5.80. The number of fused-ring (bicyclic) bond motifs is 2. The highest BCUT2D eigenvalue weighted by Gasteiger charge is 2.41. The Balaban J connectivity index is 1.57. The summed E-state index contributed by atoms with van der Waals surface area (Å²) in [5.41, 5.74) is 4.54. The van der Waals surface area contributed by atoms with Crippen LogP contribution in [-0.2, 0) is 5.41 Å². The lowest BCUT2D eigenvalue weighted by molar-refractivity contribution is 0.0899. The predicted octanol–water partition coefficient (Wildman–Crippen LogP) is 7.22. The monoisotopic (exact) mass is 382 g/mol. The van der Waals surface area contributed by atoms with E-state index in [9.17, 15) is 0 Å². The van der Waals surface area contributed by atoms with E-state index in [1.54, 1.807) is 5.56 Å². The third-order valence-electron chi connectivity index (χ3n) is 6.38. The number of hydrogen-bond donors (Lipinski definition) is 0. The Kier molecular flexibility index (Phi) is 4.33. The van der Waals surface area contributed by atoms with E-state index in [0.29, 0.717) is 5.41 Å². The van der Waals surface area contributed by atoms with Crippen LogP contribution in [0.4, 0.5) is 0 Å². The second kappa shape index (κ2) is 6.33. The zero-order valence-electron chi connectivity index (χ0n) is 14.8. The number of halogens is 1. The van der Waals surface area contributed by atoms with Crippen LogP contribution >= 0.6 is 15.9 Å². The van der Waals surface area contributed by atoms with Gasteiger partial charge in [-0.25, -0.2) is 0 Å². The van der Waals surface area contributed by atoms with Crippen LogP contribution in [0.15, 0.2) is 53.0 Å². The third-order valence-corrected chi connectivity index (χ3v) is 6.90. The predicted molar refractivity (Wildman–Crippen MR) is 106 cm³/mol. The zero-order valence-corrected chi connectivity index (χ0v) is 16.4. The molecule has 0 heterocycles. The summed E-state index contributed by atoms with van der Waals surface area (Å²) in [6, 6.07) is 18.0. The summed E-state index contributed by atoms with van der Waals surface area (Å²) >= 11 is 3.52. The first-order chi connectivity index (χ1) is 11.5. The van der Waals surface area contributed by atoms with Gasteiger partial charge in [-0.15, -0.1) is 0 Å². The lowest BCUT2D eigenvalue weighted by Gasteiger charge is -2.47. The molecule has 126 valence electrons. The second-order valence-electron chi connectivity index (χ2n) is 8.60. The van der Waals surface area contributed by atoms with E-state index in [0.717, 1.165) is 22.2 Å². The molecule has 2 aliphatic carbocycles. The van der Waals surface area contributed by atoms with Crippen LogP contribution in [0.1, 0.15) is 51.5 Å². The Morgan fingerprint density at radius 1 is 0.792 bits per heavy atom. The number of benzene rings is 2. The molecule has 2 aromatic carbocycles. The molecule has 0 N–H and O–H groups in total. The van der Waals surface area contributed by atoms with E-state index in [-0.39, 0.29) is 0 Å². The van der Waals surface area contributed by atoms with Gasteiger partial charge in [-0.2, -0.15) is 0 Å². The summed E-state index contributed by atoms with van der Waals surface area (Å²) < 4.78 is 1.14. The number of rotatable bonds is 2. The average Bonchev–Trinajstić information content (AvgIpc) is 2.54. The van der Waals surface area contributed by atoms with Gasteiger partial charge in [0.05, 0.1) is 0 Å². The van der Waals surface area contributed by atoms with Gasteiger partial charge in [-0.1, -0.05) is 66.2 Å². The minimum absolute atomic E-state index is 0.381. The van der Waals surface area contributed by atoms with Gasteiger partial charge in [0.15, 0.2) is 0 Å². The summed E-state index contributed by atoms with van der Waals surface area (Å²) in [6.45, 7) is 4.96. The van der Waals surface area contributed by atoms with E-state index in [2.05, 4.69) is 78.3 Å². The summed E-state index contributed by atoms with van der Waals surface area (Å²) in [5.74, 6) is 2.84. The molecular weight excluding hydrogens is 356 g/mol. The Morgan fingerprint density at radius 2 is 1.29 bits per heavy atom. The van der Waals surface area contributed by atoms with E-state index in [4.69, 9.17) is 0 Å². The summed E-state index contributed by atoms with van der Waals surface area (Å²) in [7, 11) is 0. The SMILES string of the molecule is CC1CC2CC(C1)CC(C)(c1ccc(-c3ccc(Br)cc3)cc1)C2. The average molecular weight is 383 g/mol. The number of hydrogen-bond acceptors (Lipinski definition) is 0. The van der Waals surface area contributed by atoms with Gasteiger partial charge in [0.1, 0.15) is 0 Å². The van der Waals surface area contributed by atoms with Crippen molar-refractivity contribution in [3.63, 3.8) is 0 Å². The van der Waals surface area contributed by atoms with E-state index < -0.39 is 0 Å². The molecule has 2 unspecified atom stereocenters. The molecule has 2 aliphatic rings. The molecule has 2 atom stereocenters. The van der Waals surface area contributed by atoms with Crippen molar-refractivity contribution in [1.29, 1.82) is 0 Å². The largest absolute Gasteiger partial charge is 0.0625 e. The smallest absolute Gasteiger partial charge is 0.0175 e. The highest BCUT2D eigenvalue weighted by molar-refractivity contribution is 9.10. The van der Waals surface area contributed by atoms with Crippen LogP contribution in [0.2, 0.25) is 0 Å². The van der Waals surface area contributed by atoms with Crippen LogP contribution < -0.4 is 0 Å². The summed E-state index contributed by atoms with van der Waals surface area (Å²) in [4.78, 5) is 0. The Labute approximate surface area is 154 Å². The molecule has 1 heteroatoms. The quantitative estimate of drug-likeness (QED) is 0.514. The lowest BCUT2D eigenvalue weighted by Crippen LogP contribution is -2.38. The van der Waals surface area contributed by atoms with Crippen molar-refractivity contribution in [2.24, 2.45) is 17.8 Å². The Bertz CT molecular complexity index is 680. The van der Waals surface area contributed by atoms with E-state index >= 15 is 0 Å². The standard InChI is InChI=1S/C23H27Br/c1-16-11-17-13-18(12-16)15-23(2,14-17)21-7-3-19(4-8-21)20-5-9-22(24)10-6-20/h3-10,16-18H,11-15H2,1-2H3. The molecule has 2 bridgehead atoms. The molecule has 24 heavy (non-hydrogen) atoms. The molecule has 0 nitrogen and oxygen atoms in total. The highest BCUT2D eigenvalue weighted by atomic mass is 79.9. The van der Waals surface area contributed by atoms with E-state index in [1.165, 1.54) is 43.2 Å². The van der Waals surface area contributed by atoms with Crippen LogP contribution in [0, 0.1) is 17.8 Å². The third kappa shape index (κ3) is 3.20. The minimum Gasteiger partial charge on any atom is -0.0625 e. The zero-order chi connectivity index (χ0) is 16.7.